The summed E-state index contributed by atoms with van der Waals surface area (Å²) in [7, 11) is 0. The summed E-state index contributed by atoms with van der Waals surface area (Å²) in [6.45, 7) is 5.26. The first-order valence-corrected chi connectivity index (χ1v) is 8.05. The third-order valence-electron chi connectivity index (χ3n) is 4.15. The van der Waals surface area contributed by atoms with E-state index in [1.54, 1.807) is 0 Å². The molecule has 0 aliphatic carbocycles. The smallest absolute Gasteiger partial charge is 0.200 e. The van der Waals surface area contributed by atoms with Gasteiger partial charge in [-0.1, -0.05) is 24.3 Å². The molecule has 3 heterocycles. The van der Waals surface area contributed by atoms with E-state index in [-0.39, 0.29) is 0 Å². The molecule has 0 bridgehead atoms. The van der Waals surface area contributed by atoms with Crippen LogP contribution in [0, 0.1) is 0 Å². The lowest BCUT2D eigenvalue weighted by atomic mass is 10.1. The third-order valence-corrected chi connectivity index (χ3v) is 4.15. The summed E-state index contributed by atoms with van der Waals surface area (Å²) >= 11 is 0. The summed E-state index contributed by atoms with van der Waals surface area (Å²) in [5.74, 6) is 0.746. The van der Waals surface area contributed by atoms with Crippen LogP contribution in [0.2, 0.25) is 0 Å². The van der Waals surface area contributed by atoms with Crippen molar-refractivity contribution in [1.29, 1.82) is 0 Å². The molecule has 4 rings (SSSR count). The zero-order valence-electron chi connectivity index (χ0n) is 13.3. The van der Waals surface area contributed by atoms with Gasteiger partial charge in [0, 0.05) is 26.2 Å². The fraction of sp³-hybridized carbons (Fsp3) is 0.375. The minimum absolute atomic E-state index is 0.633. The van der Waals surface area contributed by atoms with Crippen molar-refractivity contribution in [3.63, 3.8) is 0 Å². The molecular weight excluding hydrogens is 306 g/mol. The Labute approximate surface area is 139 Å². The second-order valence-corrected chi connectivity index (χ2v) is 5.76. The van der Waals surface area contributed by atoms with Gasteiger partial charge in [-0.25, -0.2) is 0 Å². The molecule has 8 heteroatoms. The first-order chi connectivity index (χ1) is 11.9. The molecule has 2 aromatic heterocycles. The number of rotatable bonds is 5. The number of hydrogen-bond donors (Lipinski definition) is 1. The van der Waals surface area contributed by atoms with Crippen LogP contribution in [0.15, 0.2) is 36.4 Å². The maximum absolute atomic E-state index is 5.42. The van der Waals surface area contributed by atoms with Gasteiger partial charge in [0.1, 0.15) is 5.82 Å². The van der Waals surface area contributed by atoms with E-state index in [1.165, 1.54) is 15.8 Å². The van der Waals surface area contributed by atoms with Gasteiger partial charge in [0.15, 0.2) is 5.65 Å². The van der Waals surface area contributed by atoms with Crippen LogP contribution >= 0.6 is 0 Å². The lowest BCUT2D eigenvalue weighted by Crippen LogP contribution is -2.35. The third kappa shape index (κ3) is 3.34. The van der Waals surface area contributed by atoms with E-state index in [9.17, 15) is 0 Å². The number of morpholine rings is 1. The molecule has 1 aliphatic rings. The lowest BCUT2D eigenvalue weighted by Gasteiger charge is -2.27. The highest BCUT2D eigenvalue weighted by molar-refractivity contribution is 5.43. The number of aromatic nitrogens is 5. The second-order valence-electron chi connectivity index (χ2n) is 5.76. The van der Waals surface area contributed by atoms with E-state index in [1.807, 2.05) is 12.1 Å². The summed E-state index contributed by atoms with van der Waals surface area (Å²) in [6.07, 6.45) is 0. The maximum Gasteiger partial charge on any atom is 0.200 e. The number of hydrogen-bond acceptors (Lipinski definition) is 7. The van der Waals surface area contributed by atoms with E-state index in [0.29, 0.717) is 12.2 Å². The Morgan fingerprint density at radius 2 is 1.88 bits per heavy atom. The molecule has 0 spiro atoms. The lowest BCUT2D eigenvalue weighted by molar-refractivity contribution is 0.0341. The van der Waals surface area contributed by atoms with Crippen molar-refractivity contribution in [3.05, 3.63) is 47.5 Å². The average molecular weight is 325 g/mol. The van der Waals surface area contributed by atoms with Crippen LogP contribution in [0.5, 0.6) is 0 Å². The quantitative estimate of drug-likeness (QED) is 0.748. The number of fused-ring (bicyclic) bond motifs is 1. The molecule has 1 saturated heterocycles. The Kier molecular flexibility index (Phi) is 4.30. The van der Waals surface area contributed by atoms with Crippen LogP contribution in [0.4, 0.5) is 5.82 Å². The van der Waals surface area contributed by atoms with Crippen LogP contribution in [-0.4, -0.2) is 56.5 Å². The van der Waals surface area contributed by atoms with Gasteiger partial charge in [0.25, 0.3) is 0 Å². The van der Waals surface area contributed by atoms with Gasteiger partial charge in [-0.2, -0.15) is 0 Å². The largest absolute Gasteiger partial charge is 0.379 e. The number of nitrogens with one attached hydrogen (secondary N) is 1. The highest BCUT2D eigenvalue weighted by atomic mass is 16.5. The van der Waals surface area contributed by atoms with E-state index in [0.717, 1.165) is 38.7 Å². The van der Waals surface area contributed by atoms with Gasteiger partial charge in [0.2, 0.25) is 0 Å². The molecule has 1 N–H and O–H groups in total. The number of benzene rings is 1. The second kappa shape index (κ2) is 6.90. The Bertz CT molecular complexity index is 813. The minimum atomic E-state index is 0.633. The average Bonchev–Trinajstić information content (AvgIpc) is 3.10. The topological polar surface area (TPSA) is 80.5 Å². The summed E-state index contributed by atoms with van der Waals surface area (Å²) in [5.41, 5.74) is 3.23. The number of anilines is 1. The van der Waals surface area contributed by atoms with Crippen molar-refractivity contribution in [3.8, 4) is 0 Å². The maximum atomic E-state index is 5.42. The molecule has 24 heavy (non-hydrogen) atoms. The van der Waals surface area contributed by atoms with E-state index in [4.69, 9.17) is 4.74 Å². The van der Waals surface area contributed by atoms with Gasteiger partial charge in [-0.15, -0.1) is 14.8 Å². The Morgan fingerprint density at radius 1 is 1.04 bits per heavy atom. The minimum Gasteiger partial charge on any atom is -0.379 e. The number of nitrogens with zero attached hydrogens (tertiary/aromatic N) is 6. The molecule has 1 aromatic carbocycles. The van der Waals surface area contributed by atoms with Crippen molar-refractivity contribution >= 4 is 11.5 Å². The van der Waals surface area contributed by atoms with Crippen LogP contribution < -0.4 is 5.32 Å². The SMILES string of the molecule is c1ccc(CN2CCOCC2)c(CNc2ccc3nnnn3n2)c1. The van der Waals surface area contributed by atoms with Gasteiger partial charge >= 0.3 is 0 Å². The fourth-order valence-corrected chi connectivity index (χ4v) is 2.81. The van der Waals surface area contributed by atoms with Gasteiger partial charge in [-0.3, -0.25) is 4.90 Å². The Balaban J connectivity index is 1.45. The zero-order chi connectivity index (χ0) is 16.2. The van der Waals surface area contributed by atoms with Crippen LogP contribution in [0.25, 0.3) is 5.65 Å². The first-order valence-electron chi connectivity index (χ1n) is 8.05. The predicted molar refractivity (Wildman–Crippen MR) is 88.4 cm³/mol. The molecular formula is C16H19N7O. The van der Waals surface area contributed by atoms with Crippen molar-refractivity contribution in [2.45, 2.75) is 13.1 Å². The summed E-state index contributed by atoms with van der Waals surface area (Å²) in [5, 5.41) is 19.0. The molecule has 1 aliphatic heterocycles. The molecule has 0 saturated carbocycles. The summed E-state index contributed by atoms with van der Waals surface area (Å²) in [6, 6.07) is 12.2. The summed E-state index contributed by atoms with van der Waals surface area (Å²) in [4.78, 5) is 2.42. The van der Waals surface area contributed by atoms with Crippen molar-refractivity contribution in [2.24, 2.45) is 0 Å². The molecule has 1 fully saturated rings. The molecule has 124 valence electrons. The van der Waals surface area contributed by atoms with Crippen LogP contribution in [0.3, 0.4) is 0 Å². The van der Waals surface area contributed by atoms with E-state index >= 15 is 0 Å². The highest BCUT2D eigenvalue weighted by Crippen LogP contribution is 2.15. The van der Waals surface area contributed by atoms with Gasteiger partial charge < -0.3 is 10.1 Å². The molecule has 0 unspecified atom stereocenters. The Morgan fingerprint density at radius 3 is 2.75 bits per heavy atom. The van der Waals surface area contributed by atoms with Gasteiger partial charge in [0.05, 0.1) is 13.2 Å². The van der Waals surface area contributed by atoms with Crippen LogP contribution in [-0.2, 0) is 17.8 Å². The zero-order valence-corrected chi connectivity index (χ0v) is 13.3. The Hall–Kier alpha value is -2.58. The standard InChI is InChI=1S/C16H19N7O/c1-2-4-14(12-22-7-9-24-10-8-22)13(3-1)11-17-15-5-6-16-18-20-21-23(16)19-15/h1-6H,7-12H2,(H,17,19). The number of tetrazole rings is 1. The molecule has 0 radical (unpaired) electrons. The highest BCUT2D eigenvalue weighted by Gasteiger charge is 2.12. The molecule has 8 nitrogen and oxygen atoms in total. The van der Waals surface area contributed by atoms with Gasteiger partial charge in [-0.05, 0) is 33.7 Å². The van der Waals surface area contributed by atoms with Crippen molar-refractivity contribution in [1.82, 2.24) is 30.2 Å². The van der Waals surface area contributed by atoms with Crippen molar-refractivity contribution < 1.29 is 4.74 Å². The molecule has 0 atom stereocenters. The molecule has 3 aromatic rings. The monoisotopic (exact) mass is 325 g/mol. The fourth-order valence-electron chi connectivity index (χ4n) is 2.81. The number of ether oxygens (including phenoxy) is 1. The molecule has 0 amide bonds. The first kappa shape index (κ1) is 15.0. The summed E-state index contributed by atoms with van der Waals surface area (Å²) < 4.78 is 6.84. The predicted octanol–water partition coefficient (Wildman–Crippen LogP) is 0.964. The van der Waals surface area contributed by atoms with E-state index in [2.05, 4.69) is 55.1 Å². The normalized spacial score (nSPS) is 15.7. The van der Waals surface area contributed by atoms with Crippen LogP contribution in [0.1, 0.15) is 11.1 Å². The van der Waals surface area contributed by atoms with Crippen molar-refractivity contribution in [2.75, 3.05) is 31.6 Å². The van der Waals surface area contributed by atoms with E-state index < -0.39 is 0 Å².